The van der Waals surface area contributed by atoms with Crippen molar-refractivity contribution in [2.45, 2.75) is 20.8 Å². The number of fused-ring (bicyclic) bond motifs is 6. The molecule has 0 bridgehead atoms. The highest BCUT2D eigenvalue weighted by atomic mass is 16.3. The van der Waals surface area contributed by atoms with Crippen LogP contribution < -0.4 is 0 Å². The van der Waals surface area contributed by atoms with Crippen molar-refractivity contribution >= 4 is 43.5 Å². The van der Waals surface area contributed by atoms with Crippen LogP contribution in [-0.2, 0) is 0 Å². The Bertz CT molecular complexity index is 1950. The molecule has 0 saturated carbocycles. The van der Waals surface area contributed by atoms with Crippen LogP contribution in [0.1, 0.15) is 16.7 Å². The van der Waals surface area contributed by atoms with Crippen LogP contribution in [0.4, 0.5) is 0 Å². The minimum atomic E-state index is 0.966. The van der Waals surface area contributed by atoms with Gasteiger partial charge in [-0.25, -0.2) is 0 Å². The summed E-state index contributed by atoms with van der Waals surface area (Å²) < 4.78 is 6.50. The van der Waals surface area contributed by atoms with Crippen molar-refractivity contribution in [2.75, 3.05) is 0 Å². The molecule has 0 aliphatic carbocycles. The molecule has 0 unspecified atom stereocenters. The Hall–Kier alpha value is -4.36. The van der Waals surface area contributed by atoms with E-state index in [9.17, 15) is 0 Å². The average Bonchev–Trinajstić information content (AvgIpc) is 3.26. The van der Waals surface area contributed by atoms with E-state index in [1.165, 1.54) is 65.7 Å². The summed E-state index contributed by atoms with van der Waals surface area (Å²) in [6.45, 7) is 6.45. The predicted molar refractivity (Wildman–Crippen MR) is 154 cm³/mol. The largest absolute Gasteiger partial charge is 0.455 e. The standard InChI is InChI=1S/C35H26O/c1-21-16-23(3)34-32(18-21)33-19-22(2)17-31(35(33)36-34)25-14-12-24(13-15-25)30-20-26-8-4-5-9-27(26)28-10-6-7-11-29(28)30/h4-20H,1-3H3. The topological polar surface area (TPSA) is 13.1 Å². The molecule has 0 aliphatic heterocycles. The average molecular weight is 463 g/mol. The maximum absolute atomic E-state index is 6.50. The first-order valence-electron chi connectivity index (χ1n) is 12.5. The molecule has 1 heterocycles. The molecule has 0 atom stereocenters. The molecule has 172 valence electrons. The first-order valence-corrected chi connectivity index (χ1v) is 12.5. The summed E-state index contributed by atoms with van der Waals surface area (Å²) in [6, 6.07) is 37.6. The van der Waals surface area contributed by atoms with Crippen molar-refractivity contribution < 1.29 is 4.42 Å². The Labute approximate surface area is 210 Å². The van der Waals surface area contributed by atoms with Gasteiger partial charge in [-0.05, 0) is 100.0 Å². The first kappa shape index (κ1) is 21.0. The van der Waals surface area contributed by atoms with Gasteiger partial charge in [0.1, 0.15) is 11.2 Å². The molecule has 1 heteroatoms. The van der Waals surface area contributed by atoms with Crippen molar-refractivity contribution in [3.05, 3.63) is 120 Å². The van der Waals surface area contributed by atoms with Crippen LogP contribution >= 0.6 is 0 Å². The van der Waals surface area contributed by atoms with Gasteiger partial charge < -0.3 is 4.42 Å². The molecule has 0 saturated heterocycles. The van der Waals surface area contributed by atoms with E-state index < -0.39 is 0 Å². The van der Waals surface area contributed by atoms with E-state index in [0.29, 0.717) is 0 Å². The molecule has 7 rings (SSSR count). The molecule has 36 heavy (non-hydrogen) atoms. The second-order valence-electron chi connectivity index (χ2n) is 10.0. The fraction of sp³-hybridized carbons (Fsp3) is 0.0857. The van der Waals surface area contributed by atoms with Gasteiger partial charge in [-0.3, -0.25) is 0 Å². The summed E-state index contributed by atoms with van der Waals surface area (Å²) in [7, 11) is 0. The lowest BCUT2D eigenvalue weighted by Crippen LogP contribution is -1.86. The SMILES string of the molecule is Cc1cc(C)c2oc3c(-c4ccc(-c5cc6ccccc6c6ccccc56)cc4)cc(C)cc3c2c1. The monoisotopic (exact) mass is 462 g/mol. The third-order valence-corrected chi connectivity index (χ3v) is 7.42. The fourth-order valence-corrected chi connectivity index (χ4v) is 5.81. The van der Waals surface area contributed by atoms with Gasteiger partial charge >= 0.3 is 0 Å². The zero-order valence-corrected chi connectivity index (χ0v) is 20.7. The van der Waals surface area contributed by atoms with Crippen LogP contribution in [0.2, 0.25) is 0 Å². The van der Waals surface area contributed by atoms with Crippen LogP contribution in [-0.4, -0.2) is 0 Å². The molecular weight excluding hydrogens is 436 g/mol. The summed E-state index contributed by atoms with van der Waals surface area (Å²) in [4.78, 5) is 0. The molecule has 0 radical (unpaired) electrons. The fourth-order valence-electron chi connectivity index (χ4n) is 5.81. The van der Waals surface area contributed by atoms with Crippen LogP contribution in [0.25, 0.3) is 65.7 Å². The highest BCUT2D eigenvalue weighted by molar-refractivity contribution is 6.14. The molecule has 0 N–H and O–H groups in total. The Kier molecular flexibility index (Phi) is 4.56. The molecule has 7 aromatic rings. The number of hydrogen-bond acceptors (Lipinski definition) is 1. The van der Waals surface area contributed by atoms with Crippen LogP contribution in [0.3, 0.4) is 0 Å². The summed E-state index contributed by atoms with van der Waals surface area (Å²) in [5.41, 5.74) is 10.4. The Morgan fingerprint density at radius 2 is 1.03 bits per heavy atom. The molecule has 1 nitrogen and oxygen atoms in total. The van der Waals surface area contributed by atoms with Gasteiger partial charge in [0, 0.05) is 16.3 Å². The van der Waals surface area contributed by atoms with E-state index in [1.54, 1.807) is 0 Å². The third kappa shape index (κ3) is 3.17. The second kappa shape index (κ2) is 7.83. The smallest absolute Gasteiger partial charge is 0.143 e. The summed E-state index contributed by atoms with van der Waals surface area (Å²) in [5.74, 6) is 0. The van der Waals surface area contributed by atoms with Crippen molar-refractivity contribution in [3.63, 3.8) is 0 Å². The summed E-state index contributed by atoms with van der Waals surface area (Å²) in [6.07, 6.45) is 0. The van der Waals surface area contributed by atoms with Crippen molar-refractivity contribution in [1.82, 2.24) is 0 Å². The predicted octanol–water partition coefficient (Wildman–Crippen LogP) is 10.2. The zero-order chi connectivity index (χ0) is 24.4. The molecule has 6 aromatic carbocycles. The highest BCUT2D eigenvalue weighted by Crippen LogP contribution is 2.40. The molecule has 0 aliphatic rings. The molecule has 0 amide bonds. The summed E-state index contributed by atoms with van der Waals surface area (Å²) in [5, 5.41) is 7.53. The van der Waals surface area contributed by atoms with Gasteiger partial charge in [-0.2, -0.15) is 0 Å². The number of aryl methyl sites for hydroxylation is 3. The molecule has 0 spiro atoms. The highest BCUT2D eigenvalue weighted by Gasteiger charge is 2.16. The maximum atomic E-state index is 6.50. The van der Waals surface area contributed by atoms with E-state index in [4.69, 9.17) is 4.42 Å². The van der Waals surface area contributed by atoms with Crippen LogP contribution in [0.5, 0.6) is 0 Å². The minimum Gasteiger partial charge on any atom is -0.455 e. The van der Waals surface area contributed by atoms with Gasteiger partial charge in [0.2, 0.25) is 0 Å². The molecular formula is C35H26O. The maximum Gasteiger partial charge on any atom is 0.143 e. The number of furan rings is 1. The van der Waals surface area contributed by atoms with Crippen LogP contribution in [0.15, 0.2) is 108 Å². The minimum absolute atomic E-state index is 0.966. The van der Waals surface area contributed by atoms with E-state index in [1.807, 2.05) is 0 Å². The van der Waals surface area contributed by atoms with Crippen molar-refractivity contribution in [2.24, 2.45) is 0 Å². The third-order valence-electron chi connectivity index (χ3n) is 7.42. The Morgan fingerprint density at radius 3 is 1.78 bits per heavy atom. The van der Waals surface area contributed by atoms with E-state index in [0.717, 1.165) is 16.7 Å². The number of rotatable bonds is 2. The van der Waals surface area contributed by atoms with Crippen LogP contribution in [0, 0.1) is 20.8 Å². The van der Waals surface area contributed by atoms with E-state index >= 15 is 0 Å². The lowest BCUT2D eigenvalue weighted by molar-refractivity contribution is 0.666. The number of benzene rings is 6. The van der Waals surface area contributed by atoms with Gasteiger partial charge in [-0.15, -0.1) is 0 Å². The Morgan fingerprint density at radius 1 is 0.444 bits per heavy atom. The van der Waals surface area contributed by atoms with Gasteiger partial charge in [0.05, 0.1) is 0 Å². The first-order chi connectivity index (χ1) is 17.6. The normalized spacial score (nSPS) is 11.8. The Balaban J connectivity index is 1.42. The number of hydrogen-bond donors (Lipinski definition) is 0. The van der Waals surface area contributed by atoms with E-state index in [2.05, 4.69) is 124 Å². The van der Waals surface area contributed by atoms with Gasteiger partial charge in [0.15, 0.2) is 0 Å². The van der Waals surface area contributed by atoms with Gasteiger partial charge in [0.25, 0.3) is 0 Å². The van der Waals surface area contributed by atoms with E-state index in [-0.39, 0.29) is 0 Å². The van der Waals surface area contributed by atoms with Crippen molar-refractivity contribution in [3.8, 4) is 22.3 Å². The van der Waals surface area contributed by atoms with Crippen molar-refractivity contribution in [1.29, 1.82) is 0 Å². The lowest BCUT2D eigenvalue weighted by Gasteiger charge is -2.12. The zero-order valence-electron chi connectivity index (χ0n) is 20.7. The molecule has 1 aromatic heterocycles. The summed E-state index contributed by atoms with van der Waals surface area (Å²) >= 11 is 0. The second-order valence-corrected chi connectivity index (χ2v) is 10.0. The molecule has 0 fully saturated rings. The van der Waals surface area contributed by atoms with Gasteiger partial charge in [-0.1, -0.05) is 78.9 Å². The lowest BCUT2D eigenvalue weighted by atomic mass is 9.92. The quantitative estimate of drug-likeness (QED) is 0.233.